The summed E-state index contributed by atoms with van der Waals surface area (Å²) >= 11 is 6.84. The van der Waals surface area contributed by atoms with Crippen LogP contribution in [0.25, 0.3) is 11.3 Å². The van der Waals surface area contributed by atoms with Crippen molar-refractivity contribution in [2.24, 2.45) is 17.8 Å². The minimum atomic E-state index is -3.72. The van der Waals surface area contributed by atoms with Crippen molar-refractivity contribution in [2.45, 2.75) is 30.7 Å². The minimum absolute atomic E-state index is 0. The number of rotatable bonds is 8. The van der Waals surface area contributed by atoms with E-state index in [4.69, 9.17) is 23.7 Å². The monoisotopic (exact) mass is 782 g/mol. The summed E-state index contributed by atoms with van der Waals surface area (Å²) in [4.78, 5) is 8.58. The van der Waals surface area contributed by atoms with E-state index < -0.39 is 21.3 Å². The molecule has 2 heterocycles. The number of hydrogen-bond acceptors (Lipinski definition) is 10. The lowest BCUT2D eigenvalue weighted by Gasteiger charge is -2.20. The van der Waals surface area contributed by atoms with Gasteiger partial charge in [-0.1, -0.05) is 25.1 Å². The Labute approximate surface area is 287 Å². The SMILES string of the molecule is C.CN.COc1cc(-c2cn(C)cn2)cc(OC)c1Br.COc1cc(C2OC=N[C@H]2S(=O)(=O)c2ccc(C)cc2)cc(OC)c1Br. The topological polar surface area (TPSA) is 136 Å². The van der Waals surface area contributed by atoms with Crippen LogP contribution in [0.2, 0.25) is 0 Å². The molecule has 0 radical (unpaired) electrons. The van der Waals surface area contributed by atoms with Gasteiger partial charge in [-0.25, -0.2) is 18.4 Å². The molecule has 0 aliphatic carbocycles. The summed E-state index contributed by atoms with van der Waals surface area (Å²) < 4.78 is 56.2. The predicted molar refractivity (Wildman–Crippen MR) is 188 cm³/mol. The van der Waals surface area contributed by atoms with Gasteiger partial charge in [-0.2, -0.15) is 0 Å². The maximum absolute atomic E-state index is 13.0. The molecule has 0 saturated carbocycles. The molecule has 46 heavy (non-hydrogen) atoms. The zero-order valence-electron chi connectivity index (χ0n) is 25.9. The smallest absolute Gasteiger partial charge is 0.205 e. The number of hydrogen-bond donors (Lipinski definition) is 1. The third kappa shape index (κ3) is 8.60. The van der Waals surface area contributed by atoms with Crippen LogP contribution in [0.15, 0.2) is 79.9 Å². The molecule has 1 aliphatic heterocycles. The number of methoxy groups -OCH3 is 4. The third-order valence-electron chi connectivity index (χ3n) is 6.58. The third-order valence-corrected chi connectivity index (χ3v) is 10.1. The van der Waals surface area contributed by atoms with Crippen molar-refractivity contribution >= 4 is 48.1 Å². The molecular formula is C32H40Br2N4O7S. The van der Waals surface area contributed by atoms with E-state index in [0.29, 0.717) is 21.5 Å². The normalized spacial score (nSPS) is 14.8. The molecule has 0 fully saturated rings. The number of sulfone groups is 1. The van der Waals surface area contributed by atoms with Crippen LogP contribution < -0.4 is 24.7 Å². The Bertz CT molecular complexity index is 1680. The maximum Gasteiger partial charge on any atom is 0.205 e. The van der Waals surface area contributed by atoms with E-state index in [1.54, 1.807) is 56.9 Å². The van der Waals surface area contributed by atoms with Crippen molar-refractivity contribution in [2.75, 3.05) is 35.5 Å². The number of aliphatic imine (C=N–C) groups is 1. The molecule has 11 nitrogen and oxygen atoms in total. The number of aryl methyl sites for hydroxylation is 2. The van der Waals surface area contributed by atoms with E-state index in [0.717, 1.165) is 32.8 Å². The summed E-state index contributed by atoms with van der Waals surface area (Å²) in [6.07, 6.45) is 4.10. The van der Waals surface area contributed by atoms with Gasteiger partial charge in [-0.3, -0.25) is 0 Å². The number of ether oxygens (including phenoxy) is 5. The van der Waals surface area contributed by atoms with Crippen LogP contribution in [0.1, 0.15) is 24.7 Å². The van der Waals surface area contributed by atoms with Gasteiger partial charge in [0.05, 0.1) is 45.4 Å². The van der Waals surface area contributed by atoms with Crippen LogP contribution in [0.3, 0.4) is 0 Å². The Hall–Kier alpha value is -3.59. The van der Waals surface area contributed by atoms with E-state index in [1.807, 2.05) is 36.9 Å². The van der Waals surface area contributed by atoms with E-state index in [-0.39, 0.29) is 12.3 Å². The predicted octanol–water partition coefficient (Wildman–Crippen LogP) is 6.75. The van der Waals surface area contributed by atoms with Gasteiger partial charge in [0.15, 0.2) is 17.9 Å². The second kappa shape index (κ2) is 17.4. The van der Waals surface area contributed by atoms with Crippen molar-refractivity contribution in [1.82, 2.24) is 9.55 Å². The average Bonchev–Trinajstić information content (AvgIpc) is 3.73. The Morgan fingerprint density at radius 3 is 1.76 bits per heavy atom. The van der Waals surface area contributed by atoms with Gasteiger partial charge in [-0.15, -0.1) is 0 Å². The fourth-order valence-electron chi connectivity index (χ4n) is 4.29. The summed E-state index contributed by atoms with van der Waals surface area (Å²) in [5.41, 5.74) is 7.92. The number of benzene rings is 3. The van der Waals surface area contributed by atoms with Crippen molar-refractivity contribution in [3.63, 3.8) is 0 Å². The summed E-state index contributed by atoms with van der Waals surface area (Å²) in [6.45, 7) is 1.90. The highest BCUT2D eigenvalue weighted by atomic mass is 79.9. The summed E-state index contributed by atoms with van der Waals surface area (Å²) in [5.74, 6) is 2.48. The first-order valence-electron chi connectivity index (χ1n) is 13.4. The summed E-state index contributed by atoms with van der Waals surface area (Å²) in [6, 6.07) is 14.0. The Morgan fingerprint density at radius 1 is 0.848 bits per heavy atom. The second-order valence-electron chi connectivity index (χ2n) is 9.42. The second-order valence-corrected chi connectivity index (χ2v) is 13.0. The molecule has 250 valence electrons. The van der Waals surface area contributed by atoms with Crippen LogP contribution >= 0.6 is 31.9 Å². The fraction of sp³-hybridized carbons (Fsp3) is 0.312. The summed E-state index contributed by atoms with van der Waals surface area (Å²) in [7, 11) is 6.02. The van der Waals surface area contributed by atoms with Crippen LogP contribution in [-0.4, -0.2) is 65.2 Å². The van der Waals surface area contributed by atoms with Gasteiger partial charge in [0.1, 0.15) is 31.9 Å². The first-order valence-corrected chi connectivity index (χ1v) is 16.5. The molecule has 5 rings (SSSR count). The first-order chi connectivity index (χ1) is 21.5. The lowest BCUT2D eigenvalue weighted by molar-refractivity contribution is 0.226. The molecule has 4 aromatic rings. The van der Waals surface area contributed by atoms with Crippen molar-refractivity contribution < 1.29 is 32.1 Å². The van der Waals surface area contributed by atoms with Crippen molar-refractivity contribution in [3.05, 3.63) is 81.1 Å². The first kappa shape index (κ1) is 38.6. The van der Waals surface area contributed by atoms with Crippen LogP contribution in [-0.2, 0) is 21.6 Å². The molecule has 1 unspecified atom stereocenters. The standard InChI is InChI=1S/C18H18BrNO5S.C12H13BrN2O2.CH5N.CH4/c1-11-4-6-13(7-5-11)26(21,22)18-17(25-10-20-18)12-8-14(23-2)16(19)15(9-12)24-3;1-15-6-9(14-7-15)8-4-10(16-2)12(13)11(5-8)17-3;1-2;/h4-10,17-18H,1-3H3;4-7H,1-3H3;2H2,1H3;1H4/t17?,18-;;;/m0.../s1. The van der Waals surface area contributed by atoms with Gasteiger partial charge >= 0.3 is 0 Å². The minimum Gasteiger partial charge on any atom is -0.495 e. The van der Waals surface area contributed by atoms with Gasteiger partial charge in [0, 0.05) is 24.4 Å². The Morgan fingerprint density at radius 2 is 1.33 bits per heavy atom. The molecule has 0 bridgehead atoms. The Kier molecular flexibility index (Phi) is 14.6. The number of imidazole rings is 1. The van der Waals surface area contributed by atoms with Crippen molar-refractivity contribution in [3.8, 4) is 34.3 Å². The molecule has 0 saturated heterocycles. The van der Waals surface area contributed by atoms with Gasteiger partial charge in [0.25, 0.3) is 0 Å². The van der Waals surface area contributed by atoms with E-state index in [1.165, 1.54) is 27.7 Å². The molecule has 2 N–H and O–H groups in total. The van der Waals surface area contributed by atoms with Gasteiger partial charge < -0.3 is 34.0 Å². The highest BCUT2D eigenvalue weighted by Gasteiger charge is 2.40. The molecule has 0 amide bonds. The van der Waals surface area contributed by atoms with Crippen LogP contribution in [0, 0.1) is 6.92 Å². The lowest BCUT2D eigenvalue weighted by Crippen LogP contribution is -2.24. The molecule has 1 aromatic heterocycles. The maximum atomic E-state index is 13.0. The quantitative estimate of drug-likeness (QED) is 0.206. The summed E-state index contributed by atoms with van der Waals surface area (Å²) in [5, 5.41) is -1.08. The Balaban J connectivity index is 0.000000320. The zero-order chi connectivity index (χ0) is 33.3. The zero-order valence-corrected chi connectivity index (χ0v) is 29.9. The molecule has 2 atom stereocenters. The molecular weight excluding hydrogens is 744 g/mol. The largest absolute Gasteiger partial charge is 0.495 e. The molecule has 1 aliphatic rings. The molecule has 0 spiro atoms. The van der Waals surface area contributed by atoms with E-state index in [2.05, 4.69) is 47.6 Å². The molecule has 14 heteroatoms. The van der Waals surface area contributed by atoms with Crippen molar-refractivity contribution in [1.29, 1.82) is 0 Å². The highest BCUT2D eigenvalue weighted by Crippen LogP contribution is 2.42. The molecule has 3 aromatic carbocycles. The highest BCUT2D eigenvalue weighted by molar-refractivity contribution is 9.11. The van der Waals surface area contributed by atoms with Gasteiger partial charge in [-0.05, 0) is 82.2 Å². The fourth-order valence-corrected chi connectivity index (χ4v) is 6.95. The lowest BCUT2D eigenvalue weighted by atomic mass is 10.1. The van der Waals surface area contributed by atoms with E-state index in [9.17, 15) is 8.42 Å². The number of halogens is 2. The average molecular weight is 785 g/mol. The number of nitrogens with zero attached hydrogens (tertiary/aromatic N) is 3. The van der Waals surface area contributed by atoms with E-state index >= 15 is 0 Å². The van der Waals surface area contributed by atoms with Crippen LogP contribution in [0.5, 0.6) is 23.0 Å². The number of aromatic nitrogens is 2. The number of nitrogens with two attached hydrogens (primary N) is 1. The van der Waals surface area contributed by atoms with Gasteiger partial charge in [0.2, 0.25) is 9.84 Å². The van der Waals surface area contributed by atoms with Crippen LogP contribution in [0.4, 0.5) is 0 Å².